The maximum absolute atomic E-state index is 14.3. The van der Waals surface area contributed by atoms with Crippen LogP contribution in [0.3, 0.4) is 0 Å². The molecule has 2 bridgehead atoms. The molecule has 2 fully saturated rings. The van der Waals surface area contributed by atoms with Gasteiger partial charge in [0.25, 0.3) is 5.91 Å². The van der Waals surface area contributed by atoms with Gasteiger partial charge in [-0.3, -0.25) is 4.79 Å². The van der Waals surface area contributed by atoms with E-state index in [1.807, 2.05) is 0 Å². The lowest BCUT2D eigenvalue weighted by Crippen LogP contribution is -2.45. The second-order valence-electron chi connectivity index (χ2n) is 6.80. The Labute approximate surface area is 139 Å². The van der Waals surface area contributed by atoms with Gasteiger partial charge in [0.05, 0.1) is 0 Å². The largest absolute Gasteiger partial charge is 0.396 e. The van der Waals surface area contributed by atoms with Crippen molar-refractivity contribution >= 4 is 5.91 Å². The Balaban J connectivity index is 1.52. The van der Waals surface area contributed by atoms with Crippen molar-refractivity contribution in [1.82, 2.24) is 15.1 Å². The van der Waals surface area contributed by atoms with Crippen molar-refractivity contribution in [3.05, 3.63) is 48.0 Å². The van der Waals surface area contributed by atoms with Crippen molar-refractivity contribution in [3.63, 3.8) is 0 Å². The number of amides is 1. The summed E-state index contributed by atoms with van der Waals surface area (Å²) in [5, 5.41) is 16.6. The van der Waals surface area contributed by atoms with Crippen molar-refractivity contribution in [2.75, 3.05) is 6.61 Å². The number of carbonyl (C=O) groups excluding carboxylic acids is 1. The Hall–Kier alpha value is -2.21. The number of nitrogens with one attached hydrogen (secondary N) is 1. The molecule has 4 unspecified atom stereocenters. The summed E-state index contributed by atoms with van der Waals surface area (Å²) in [6, 6.07) is 6.12. The Morgan fingerprint density at radius 2 is 2.21 bits per heavy atom. The van der Waals surface area contributed by atoms with E-state index in [0.29, 0.717) is 23.1 Å². The molecular weight excluding hydrogens is 309 g/mol. The predicted molar refractivity (Wildman–Crippen MR) is 86.2 cm³/mol. The first-order valence-corrected chi connectivity index (χ1v) is 8.38. The zero-order valence-corrected chi connectivity index (χ0v) is 13.2. The summed E-state index contributed by atoms with van der Waals surface area (Å²) in [6.07, 6.45) is 6.53. The second-order valence-corrected chi connectivity index (χ2v) is 6.80. The molecule has 2 aromatic rings. The number of halogens is 1. The maximum atomic E-state index is 14.3. The topological polar surface area (TPSA) is 67.2 Å². The van der Waals surface area contributed by atoms with Crippen LogP contribution in [-0.4, -0.2) is 33.4 Å². The molecule has 5 nitrogen and oxygen atoms in total. The Bertz CT molecular complexity index is 747. The molecule has 4 rings (SSSR count). The maximum Gasteiger partial charge on any atom is 0.251 e. The summed E-state index contributed by atoms with van der Waals surface area (Å²) in [5.74, 6) is 0.296. The van der Waals surface area contributed by atoms with E-state index in [0.717, 1.165) is 19.3 Å². The highest BCUT2D eigenvalue weighted by Crippen LogP contribution is 2.48. The Kier molecular flexibility index (Phi) is 3.84. The lowest BCUT2D eigenvalue weighted by molar-refractivity contribution is 0.0861. The van der Waals surface area contributed by atoms with Gasteiger partial charge in [-0.25, -0.2) is 9.07 Å². The molecule has 2 aliphatic carbocycles. The van der Waals surface area contributed by atoms with Gasteiger partial charge >= 0.3 is 0 Å². The zero-order valence-electron chi connectivity index (χ0n) is 13.2. The van der Waals surface area contributed by atoms with Crippen molar-refractivity contribution < 1.29 is 14.3 Å². The number of aromatic nitrogens is 2. The SMILES string of the molecule is O=C(NC1C2CCC(C2)C1CO)c1ccc(-n2cccn2)c(F)c1. The first kappa shape index (κ1) is 15.3. The first-order chi connectivity index (χ1) is 11.7. The summed E-state index contributed by atoms with van der Waals surface area (Å²) >= 11 is 0. The van der Waals surface area contributed by atoms with Crippen LogP contribution in [0.25, 0.3) is 5.69 Å². The number of carbonyl (C=O) groups is 1. The van der Waals surface area contributed by atoms with Gasteiger partial charge in [-0.1, -0.05) is 0 Å². The van der Waals surface area contributed by atoms with Crippen molar-refractivity contribution in [1.29, 1.82) is 0 Å². The molecule has 1 aromatic carbocycles. The van der Waals surface area contributed by atoms with Gasteiger partial charge in [-0.05, 0) is 55.4 Å². The third-order valence-electron chi connectivity index (χ3n) is 5.56. The standard InChI is InChI=1S/C18H20FN3O2/c19-15-9-13(4-5-16(15)22-7-1-6-20-22)18(24)21-17-12-3-2-11(8-12)14(17)10-23/h1,4-7,9,11-12,14,17,23H,2-3,8,10H2,(H,21,24). The normalized spacial score (nSPS) is 28.2. The van der Waals surface area contributed by atoms with Gasteiger partial charge in [-0.2, -0.15) is 5.10 Å². The fraction of sp³-hybridized carbons (Fsp3) is 0.444. The van der Waals surface area contributed by atoms with Crippen LogP contribution in [0.5, 0.6) is 0 Å². The number of hydrogen-bond acceptors (Lipinski definition) is 3. The number of fused-ring (bicyclic) bond motifs is 2. The number of aliphatic hydroxyl groups excluding tert-OH is 1. The molecule has 1 amide bonds. The van der Waals surface area contributed by atoms with Crippen molar-refractivity contribution in [2.45, 2.75) is 25.3 Å². The molecule has 0 saturated heterocycles. The lowest BCUT2D eigenvalue weighted by Gasteiger charge is -2.30. The van der Waals surface area contributed by atoms with Gasteiger partial charge in [-0.15, -0.1) is 0 Å². The molecular formula is C18H20FN3O2. The van der Waals surface area contributed by atoms with Crippen LogP contribution < -0.4 is 5.32 Å². The van der Waals surface area contributed by atoms with E-state index >= 15 is 0 Å². The van der Waals surface area contributed by atoms with E-state index in [1.54, 1.807) is 30.6 Å². The van der Waals surface area contributed by atoms with Gasteiger partial charge in [0.1, 0.15) is 11.5 Å². The molecule has 24 heavy (non-hydrogen) atoms. The predicted octanol–water partition coefficient (Wildman–Crippen LogP) is 2.15. The van der Waals surface area contributed by atoms with Crippen molar-refractivity contribution in [2.24, 2.45) is 17.8 Å². The lowest BCUT2D eigenvalue weighted by atomic mass is 9.85. The number of nitrogens with zero attached hydrogens (tertiary/aromatic N) is 2. The number of benzene rings is 1. The minimum absolute atomic E-state index is 0.00453. The van der Waals surface area contributed by atoms with E-state index in [9.17, 15) is 14.3 Å². The van der Waals surface area contributed by atoms with E-state index in [1.165, 1.54) is 10.7 Å². The highest BCUT2D eigenvalue weighted by atomic mass is 19.1. The molecule has 6 heteroatoms. The van der Waals surface area contributed by atoms with Crippen LogP contribution in [0.15, 0.2) is 36.7 Å². The highest BCUT2D eigenvalue weighted by molar-refractivity contribution is 5.94. The molecule has 0 aliphatic heterocycles. The van der Waals surface area contributed by atoms with Gasteiger partial charge < -0.3 is 10.4 Å². The summed E-state index contributed by atoms with van der Waals surface area (Å²) in [4.78, 5) is 12.5. The number of hydrogen-bond donors (Lipinski definition) is 2. The number of aliphatic hydroxyl groups is 1. The molecule has 1 aromatic heterocycles. The average Bonchev–Trinajstić information content (AvgIpc) is 3.31. The fourth-order valence-electron chi connectivity index (χ4n) is 4.38. The third-order valence-corrected chi connectivity index (χ3v) is 5.56. The molecule has 126 valence electrons. The molecule has 2 N–H and O–H groups in total. The van der Waals surface area contributed by atoms with Gasteiger partial charge in [0, 0.05) is 36.5 Å². The quantitative estimate of drug-likeness (QED) is 0.903. The van der Waals surface area contributed by atoms with E-state index in [4.69, 9.17) is 0 Å². The summed E-state index contributed by atoms with van der Waals surface area (Å²) in [5.41, 5.74) is 0.604. The number of rotatable bonds is 4. The van der Waals surface area contributed by atoms with Crippen molar-refractivity contribution in [3.8, 4) is 5.69 Å². The van der Waals surface area contributed by atoms with Gasteiger partial charge in [0.2, 0.25) is 0 Å². The van der Waals surface area contributed by atoms with Crippen LogP contribution >= 0.6 is 0 Å². The zero-order chi connectivity index (χ0) is 16.7. The second kappa shape index (κ2) is 6.02. The minimum Gasteiger partial charge on any atom is -0.396 e. The smallest absolute Gasteiger partial charge is 0.251 e. The van der Waals surface area contributed by atoms with Crippen LogP contribution in [0.1, 0.15) is 29.6 Å². The monoisotopic (exact) mass is 329 g/mol. The molecule has 0 spiro atoms. The van der Waals surface area contributed by atoms with E-state index in [-0.39, 0.29) is 24.5 Å². The van der Waals surface area contributed by atoms with E-state index < -0.39 is 5.82 Å². The third kappa shape index (κ3) is 2.51. The molecule has 1 heterocycles. The molecule has 2 saturated carbocycles. The summed E-state index contributed by atoms with van der Waals surface area (Å²) in [6.45, 7) is 0.0959. The van der Waals surface area contributed by atoms with Crippen LogP contribution in [0, 0.1) is 23.6 Å². The fourth-order valence-corrected chi connectivity index (χ4v) is 4.38. The molecule has 0 radical (unpaired) electrons. The highest BCUT2D eigenvalue weighted by Gasteiger charge is 2.47. The molecule has 2 aliphatic rings. The summed E-state index contributed by atoms with van der Waals surface area (Å²) < 4.78 is 15.7. The van der Waals surface area contributed by atoms with Gasteiger partial charge in [0.15, 0.2) is 0 Å². The summed E-state index contributed by atoms with van der Waals surface area (Å²) in [7, 11) is 0. The Morgan fingerprint density at radius 3 is 2.92 bits per heavy atom. The average molecular weight is 329 g/mol. The first-order valence-electron chi connectivity index (χ1n) is 8.38. The van der Waals surface area contributed by atoms with Crippen LogP contribution in [0.2, 0.25) is 0 Å². The van der Waals surface area contributed by atoms with Crippen LogP contribution in [-0.2, 0) is 0 Å². The van der Waals surface area contributed by atoms with E-state index in [2.05, 4.69) is 10.4 Å². The van der Waals surface area contributed by atoms with Crippen LogP contribution in [0.4, 0.5) is 4.39 Å². The minimum atomic E-state index is -0.488. The Morgan fingerprint density at radius 1 is 1.38 bits per heavy atom. The molecule has 4 atom stereocenters.